The van der Waals surface area contributed by atoms with Crippen LogP contribution in [0.5, 0.6) is 0 Å². The Morgan fingerprint density at radius 3 is 2.38 bits per heavy atom. The fourth-order valence-corrected chi connectivity index (χ4v) is 6.09. The molecule has 1 unspecified atom stereocenters. The van der Waals surface area contributed by atoms with Crippen LogP contribution in [0.2, 0.25) is 5.02 Å². The van der Waals surface area contributed by atoms with Crippen LogP contribution >= 0.6 is 11.6 Å². The number of hydrogen-bond donors (Lipinski definition) is 1. The number of hydrogen-bond acceptors (Lipinski definition) is 5. The molecule has 3 heterocycles. The number of aromatic nitrogens is 3. The Balaban J connectivity index is 1.62. The minimum atomic E-state index is -3.92. The van der Waals surface area contributed by atoms with Gasteiger partial charge in [-0.15, -0.1) is 0 Å². The zero-order valence-electron chi connectivity index (χ0n) is 21.5. The Hall–Kier alpha value is -3.63. The highest BCUT2D eigenvalue weighted by Gasteiger charge is 2.43. The molecular weight excluding hydrogens is 548 g/mol. The Labute approximate surface area is 228 Å². The molecule has 11 heteroatoms. The standard InChI is InChI=1S/C28H24ClF2N3O4S/c1-13-12-32-25(17-6-5-7-21(23(17)30)39(4,37)38)24(31)26(13)34-15(3)10-20(22(29)28(34)36)19-11-18(19)16-9-8-14(2)33-27(16)35/h5-10,12,18-19H,11H2,1-4H3,(H,33,35)/t18?,19-/m1/s1. The third-order valence-electron chi connectivity index (χ3n) is 7.05. The van der Waals surface area contributed by atoms with Crippen LogP contribution < -0.4 is 11.1 Å². The molecule has 1 N–H and O–H groups in total. The molecule has 5 rings (SSSR count). The molecule has 1 aliphatic rings. The van der Waals surface area contributed by atoms with E-state index in [2.05, 4.69) is 9.97 Å². The molecule has 3 aromatic heterocycles. The molecule has 39 heavy (non-hydrogen) atoms. The van der Waals surface area contributed by atoms with Crippen LogP contribution in [0.25, 0.3) is 16.9 Å². The molecule has 0 bridgehead atoms. The number of aryl methyl sites for hydroxylation is 3. The Bertz CT molecular complexity index is 1900. The number of aromatic amines is 1. The van der Waals surface area contributed by atoms with Crippen LogP contribution in [0.4, 0.5) is 8.78 Å². The fraction of sp³-hybridized carbons (Fsp3) is 0.250. The maximum Gasteiger partial charge on any atom is 0.274 e. The van der Waals surface area contributed by atoms with E-state index in [0.717, 1.165) is 22.6 Å². The summed E-state index contributed by atoms with van der Waals surface area (Å²) >= 11 is 6.55. The molecule has 0 saturated heterocycles. The zero-order valence-corrected chi connectivity index (χ0v) is 23.0. The first-order chi connectivity index (χ1) is 18.3. The predicted molar refractivity (Wildman–Crippen MR) is 145 cm³/mol. The minimum absolute atomic E-state index is 0.0981. The summed E-state index contributed by atoms with van der Waals surface area (Å²) in [6.45, 7) is 4.96. The van der Waals surface area contributed by atoms with Crippen LogP contribution in [0.15, 0.2) is 57.1 Å². The van der Waals surface area contributed by atoms with Crippen molar-refractivity contribution in [1.29, 1.82) is 0 Å². The molecule has 4 aromatic rings. The fourth-order valence-electron chi connectivity index (χ4n) is 5.05. The molecule has 1 fully saturated rings. The molecule has 2 atom stereocenters. The van der Waals surface area contributed by atoms with Gasteiger partial charge < -0.3 is 4.98 Å². The number of nitrogens with one attached hydrogen (secondary N) is 1. The summed E-state index contributed by atoms with van der Waals surface area (Å²) in [4.78, 5) is 32.2. The molecule has 0 spiro atoms. The SMILES string of the molecule is Cc1ccc(C2C[C@H]2c2cc(C)n(-c3c(C)cnc(-c4cccc(S(C)(=O)=O)c4F)c3F)c(=O)c2Cl)c(=O)[nH]1. The molecule has 0 amide bonds. The van der Waals surface area contributed by atoms with Gasteiger partial charge in [-0.05, 0) is 74.4 Å². The normalized spacial score (nSPS) is 16.9. The van der Waals surface area contributed by atoms with Gasteiger partial charge in [0, 0.05) is 35.0 Å². The van der Waals surface area contributed by atoms with Gasteiger partial charge >= 0.3 is 0 Å². The lowest BCUT2D eigenvalue weighted by Crippen LogP contribution is -2.24. The molecule has 1 aromatic carbocycles. The third-order valence-corrected chi connectivity index (χ3v) is 8.55. The second-order valence-corrected chi connectivity index (χ2v) is 12.3. The van der Waals surface area contributed by atoms with E-state index in [0.29, 0.717) is 28.8 Å². The average molecular weight is 572 g/mol. The zero-order chi connectivity index (χ0) is 28.4. The first-order valence-electron chi connectivity index (χ1n) is 12.1. The molecule has 0 radical (unpaired) electrons. The lowest BCUT2D eigenvalue weighted by Gasteiger charge is -2.18. The van der Waals surface area contributed by atoms with Crippen molar-refractivity contribution in [3.05, 3.63) is 108 Å². The van der Waals surface area contributed by atoms with Gasteiger partial charge in [-0.3, -0.25) is 19.1 Å². The number of rotatable bonds is 5. The quantitative estimate of drug-likeness (QED) is 0.358. The molecular formula is C28H24ClF2N3O4S. The topological polar surface area (TPSA) is 102 Å². The largest absolute Gasteiger partial charge is 0.326 e. The molecule has 1 saturated carbocycles. The number of sulfone groups is 1. The first-order valence-corrected chi connectivity index (χ1v) is 14.3. The van der Waals surface area contributed by atoms with Gasteiger partial charge in [-0.1, -0.05) is 23.7 Å². The third kappa shape index (κ3) is 4.61. The van der Waals surface area contributed by atoms with E-state index < -0.39 is 37.6 Å². The Kier molecular flexibility index (Phi) is 6.59. The van der Waals surface area contributed by atoms with Crippen molar-refractivity contribution in [3.63, 3.8) is 0 Å². The summed E-state index contributed by atoms with van der Waals surface area (Å²) in [5, 5.41) is -0.0981. The summed E-state index contributed by atoms with van der Waals surface area (Å²) in [5.41, 5.74) is 0.796. The van der Waals surface area contributed by atoms with E-state index in [9.17, 15) is 18.0 Å². The maximum atomic E-state index is 16.0. The van der Waals surface area contributed by atoms with Crippen molar-refractivity contribution >= 4 is 21.4 Å². The van der Waals surface area contributed by atoms with Crippen LogP contribution in [0.3, 0.4) is 0 Å². The van der Waals surface area contributed by atoms with Gasteiger partial charge in [-0.25, -0.2) is 17.2 Å². The Morgan fingerprint density at radius 2 is 1.72 bits per heavy atom. The van der Waals surface area contributed by atoms with Crippen LogP contribution in [0, 0.1) is 32.4 Å². The summed E-state index contributed by atoms with van der Waals surface area (Å²) in [7, 11) is -3.92. The smallest absolute Gasteiger partial charge is 0.274 e. The van der Waals surface area contributed by atoms with E-state index in [-0.39, 0.29) is 33.7 Å². The summed E-state index contributed by atoms with van der Waals surface area (Å²) in [6.07, 6.45) is 2.78. The highest BCUT2D eigenvalue weighted by molar-refractivity contribution is 7.90. The number of nitrogens with zero attached hydrogens (tertiary/aromatic N) is 2. The molecule has 1 aliphatic carbocycles. The molecule has 202 valence electrons. The van der Waals surface area contributed by atoms with E-state index >= 15 is 8.78 Å². The first kappa shape index (κ1) is 27.0. The summed E-state index contributed by atoms with van der Waals surface area (Å²) in [6, 6.07) is 8.89. The van der Waals surface area contributed by atoms with Crippen molar-refractivity contribution in [2.75, 3.05) is 6.26 Å². The van der Waals surface area contributed by atoms with Gasteiger partial charge in [0.2, 0.25) is 0 Å². The van der Waals surface area contributed by atoms with E-state index in [1.54, 1.807) is 32.9 Å². The van der Waals surface area contributed by atoms with Crippen molar-refractivity contribution in [2.24, 2.45) is 0 Å². The van der Waals surface area contributed by atoms with Crippen molar-refractivity contribution < 1.29 is 17.2 Å². The number of benzene rings is 1. The van der Waals surface area contributed by atoms with E-state index in [1.807, 2.05) is 6.07 Å². The monoisotopic (exact) mass is 571 g/mol. The van der Waals surface area contributed by atoms with E-state index in [4.69, 9.17) is 11.6 Å². The second-order valence-electron chi connectivity index (χ2n) is 9.91. The second kappa shape index (κ2) is 9.53. The highest BCUT2D eigenvalue weighted by atomic mass is 35.5. The number of halogens is 3. The van der Waals surface area contributed by atoms with Gasteiger partial charge in [0.15, 0.2) is 21.5 Å². The number of H-pyrrole nitrogens is 1. The minimum Gasteiger partial charge on any atom is -0.326 e. The lowest BCUT2D eigenvalue weighted by atomic mass is 10.0. The summed E-state index contributed by atoms with van der Waals surface area (Å²) in [5.74, 6) is -2.37. The van der Waals surface area contributed by atoms with Gasteiger partial charge in [0.05, 0.1) is 5.69 Å². The van der Waals surface area contributed by atoms with Gasteiger partial charge in [0.25, 0.3) is 11.1 Å². The average Bonchev–Trinajstić information content (AvgIpc) is 3.63. The predicted octanol–water partition coefficient (Wildman–Crippen LogP) is 5.12. The van der Waals surface area contributed by atoms with Gasteiger partial charge in [-0.2, -0.15) is 0 Å². The molecule has 7 nitrogen and oxygen atoms in total. The summed E-state index contributed by atoms with van der Waals surface area (Å²) < 4.78 is 56.3. The Morgan fingerprint density at radius 1 is 1.03 bits per heavy atom. The van der Waals surface area contributed by atoms with Crippen molar-refractivity contribution in [1.82, 2.24) is 14.5 Å². The van der Waals surface area contributed by atoms with Crippen molar-refractivity contribution in [3.8, 4) is 16.9 Å². The highest BCUT2D eigenvalue weighted by Crippen LogP contribution is 2.55. The maximum absolute atomic E-state index is 16.0. The van der Waals surface area contributed by atoms with E-state index in [1.165, 1.54) is 18.3 Å². The van der Waals surface area contributed by atoms with Gasteiger partial charge in [0.1, 0.15) is 15.6 Å². The van der Waals surface area contributed by atoms with Crippen LogP contribution in [-0.2, 0) is 9.84 Å². The van der Waals surface area contributed by atoms with Crippen LogP contribution in [-0.4, -0.2) is 29.2 Å². The van der Waals surface area contributed by atoms with Crippen LogP contribution in [0.1, 0.15) is 46.3 Å². The number of pyridine rings is 3. The van der Waals surface area contributed by atoms with Crippen molar-refractivity contribution in [2.45, 2.75) is 43.9 Å². The lowest BCUT2D eigenvalue weighted by molar-refractivity contribution is 0.569. The molecule has 0 aliphatic heterocycles.